The predicted molar refractivity (Wildman–Crippen MR) is 115 cm³/mol. The Morgan fingerprint density at radius 1 is 1.13 bits per heavy atom. The number of ether oxygens (including phenoxy) is 1. The molecule has 0 N–H and O–H groups in total. The number of carbonyl (C=O) groups excluding carboxylic acids is 1. The van der Waals surface area contributed by atoms with Crippen molar-refractivity contribution in [3.8, 4) is 12.3 Å². The van der Waals surface area contributed by atoms with Gasteiger partial charge in [0.05, 0.1) is 34.9 Å². The normalized spacial score (nSPS) is 15.9. The Kier molecular flexibility index (Phi) is 5.83. The van der Waals surface area contributed by atoms with Crippen LogP contribution in [0.4, 0.5) is 0 Å². The first-order valence-corrected chi connectivity index (χ1v) is 11.6. The second kappa shape index (κ2) is 8.53. The highest BCUT2D eigenvalue weighted by molar-refractivity contribution is 7.89. The van der Waals surface area contributed by atoms with Crippen LogP contribution in [0.3, 0.4) is 0 Å². The van der Waals surface area contributed by atoms with Gasteiger partial charge in [-0.25, -0.2) is 8.42 Å². The number of aromatic nitrogens is 1. The Hall–Kier alpha value is -2.77. The lowest BCUT2D eigenvalue weighted by atomic mass is 10.2. The van der Waals surface area contributed by atoms with E-state index in [-0.39, 0.29) is 4.90 Å². The minimum atomic E-state index is -3.61. The molecule has 4 rings (SSSR count). The average molecular weight is 442 g/mol. The molecular formula is C21H19N3O4S2. The van der Waals surface area contributed by atoms with Gasteiger partial charge in [0, 0.05) is 18.7 Å². The fourth-order valence-electron chi connectivity index (χ4n) is 3.21. The van der Waals surface area contributed by atoms with Crippen molar-refractivity contribution in [3.05, 3.63) is 58.9 Å². The van der Waals surface area contributed by atoms with E-state index in [1.165, 1.54) is 39.9 Å². The van der Waals surface area contributed by atoms with Gasteiger partial charge in [-0.1, -0.05) is 29.4 Å². The highest BCUT2D eigenvalue weighted by Gasteiger charge is 2.26. The fraction of sp³-hybridized carbons (Fsp3) is 0.238. The molecule has 1 aliphatic heterocycles. The number of sulfonamides is 1. The average Bonchev–Trinajstić information content (AvgIpc) is 3.12. The summed E-state index contributed by atoms with van der Waals surface area (Å²) >= 11 is 1.38. The zero-order chi connectivity index (χ0) is 21.1. The number of hydrogen-bond donors (Lipinski definition) is 0. The molecule has 0 bridgehead atoms. The van der Waals surface area contributed by atoms with E-state index >= 15 is 0 Å². The maximum Gasteiger partial charge on any atom is 0.279 e. The summed E-state index contributed by atoms with van der Waals surface area (Å²) < 4.78 is 34.8. The van der Waals surface area contributed by atoms with Crippen molar-refractivity contribution < 1.29 is 17.9 Å². The third-order valence-electron chi connectivity index (χ3n) is 4.74. The first kappa shape index (κ1) is 20.5. The SMILES string of the molecule is C#CCn1c(=NC(=O)c2ccc(S(=O)(=O)N3CCOCC3)cc2)sc2ccccc21. The summed E-state index contributed by atoms with van der Waals surface area (Å²) in [6, 6.07) is 13.5. The van der Waals surface area contributed by atoms with Crippen molar-refractivity contribution in [2.24, 2.45) is 4.99 Å². The Balaban J connectivity index is 1.64. The largest absolute Gasteiger partial charge is 0.379 e. The summed E-state index contributed by atoms with van der Waals surface area (Å²) in [5.74, 6) is 2.13. The Morgan fingerprint density at radius 3 is 2.53 bits per heavy atom. The van der Waals surface area contributed by atoms with Gasteiger partial charge in [-0.15, -0.1) is 6.42 Å². The van der Waals surface area contributed by atoms with E-state index in [0.29, 0.717) is 43.2 Å². The van der Waals surface area contributed by atoms with Gasteiger partial charge in [0.25, 0.3) is 5.91 Å². The van der Waals surface area contributed by atoms with E-state index in [1.807, 2.05) is 28.8 Å². The van der Waals surface area contributed by atoms with Gasteiger partial charge < -0.3 is 9.30 Å². The number of benzene rings is 2. The zero-order valence-electron chi connectivity index (χ0n) is 16.0. The highest BCUT2D eigenvalue weighted by Crippen LogP contribution is 2.19. The summed E-state index contributed by atoms with van der Waals surface area (Å²) in [7, 11) is -3.61. The minimum Gasteiger partial charge on any atom is -0.379 e. The van der Waals surface area contributed by atoms with Gasteiger partial charge in [-0.2, -0.15) is 9.30 Å². The molecule has 1 saturated heterocycles. The first-order chi connectivity index (χ1) is 14.5. The maximum atomic E-state index is 12.7. The summed E-state index contributed by atoms with van der Waals surface area (Å²) in [5.41, 5.74) is 1.22. The van der Waals surface area contributed by atoms with E-state index in [4.69, 9.17) is 11.2 Å². The summed E-state index contributed by atoms with van der Waals surface area (Å²) in [6.45, 7) is 1.69. The zero-order valence-corrected chi connectivity index (χ0v) is 17.7. The second-order valence-electron chi connectivity index (χ2n) is 6.60. The van der Waals surface area contributed by atoms with Crippen LogP contribution in [0.2, 0.25) is 0 Å². The number of para-hydroxylation sites is 1. The van der Waals surface area contributed by atoms with Crippen LogP contribution >= 0.6 is 11.3 Å². The summed E-state index contributed by atoms with van der Waals surface area (Å²) in [4.78, 5) is 17.6. The molecule has 0 saturated carbocycles. The van der Waals surface area contributed by atoms with E-state index in [9.17, 15) is 13.2 Å². The van der Waals surface area contributed by atoms with Crippen LogP contribution in [-0.2, 0) is 21.3 Å². The lowest BCUT2D eigenvalue weighted by molar-refractivity contribution is 0.0730. The van der Waals surface area contributed by atoms with Crippen LogP contribution in [0.15, 0.2) is 58.4 Å². The minimum absolute atomic E-state index is 0.144. The molecule has 0 spiro atoms. The van der Waals surface area contributed by atoms with Crippen molar-refractivity contribution in [3.63, 3.8) is 0 Å². The van der Waals surface area contributed by atoms with Crippen molar-refractivity contribution >= 4 is 37.5 Å². The molecule has 30 heavy (non-hydrogen) atoms. The smallest absolute Gasteiger partial charge is 0.279 e. The van der Waals surface area contributed by atoms with Crippen molar-refractivity contribution in [1.82, 2.24) is 8.87 Å². The van der Waals surface area contributed by atoms with Gasteiger partial charge in [-0.3, -0.25) is 4.79 Å². The van der Waals surface area contributed by atoms with Crippen molar-refractivity contribution in [2.45, 2.75) is 11.4 Å². The van der Waals surface area contributed by atoms with Crippen LogP contribution in [0.1, 0.15) is 10.4 Å². The molecule has 0 radical (unpaired) electrons. The molecule has 0 unspecified atom stereocenters. The monoisotopic (exact) mass is 441 g/mol. The van der Waals surface area contributed by atoms with Crippen LogP contribution < -0.4 is 4.80 Å². The number of nitrogens with zero attached hydrogens (tertiary/aromatic N) is 3. The molecular weight excluding hydrogens is 422 g/mol. The Morgan fingerprint density at radius 2 is 1.83 bits per heavy atom. The molecule has 154 valence electrons. The number of morpholine rings is 1. The molecule has 1 fully saturated rings. The van der Waals surface area contributed by atoms with Gasteiger partial charge in [-0.05, 0) is 36.4 Å². The number of rotatable bonds is 4. The highest BCUT2D eigenvalue weighted by atomic mass is 32.2. The van der Waals surface area contributed by atoms with Crippen LogP contribution in [-0.4, -0.2) is 49.5 Å². The van der Waals surface area contributed by atoms with Crippen LogP contribution in [0, 0.1) is 12.3 Å². The van der Waals surface area contributed by atoms with E-state index < -0.39 is 15.9 Å². The predicted octanol–water partition coefficient (Wildman–Crippen LogP) is 2.10. The topological polar surface area (TPSA) is 81.0 Å². The Bertz CT molecular complexity index is 1290. The molecule has 7 nitrogen and oxygen atoms in total. The number of amides is 1. The van der Waals surface area contributed by atoms with Crippen LogP contribution in [0.5, 0.6) is 0 Å². The Labute approximate surface area is 178 Å². The molecule has 1 amide bonds. The summed E-state index contributed by atoms with van der Waals surface area (Å²) in [6.07, 6.45) is 5.48. The van der Waals surface area contributed by atoms with Gasteiger partial charge >= 0.3 is 0 Å². The number of terminal acetylenes is 1. The number of fused-ring (bicyclic) bond motifs is 1. The number of hydrogen-bond acceptors (Lipinski definition) is 5. The van der Waals surface area contributed by atoms with E-state index in [0.717, 1.165) is 10.2 Å². The molecule has 0 aliphatic carbocycles. The molecule has 2 heterocycles. The van der Waals surface area contributed by atoms with Gasteiger partial charge in [0.2, 0.25) is 10.0 Å². The number of carbonyl (C=O) groups is 1. The number of thiazole rings is 1. The maximum absolute atomic E-state index is 12.7. The van der Waals surface area contributed by atoms with Gasteiger partial charge in [0.15, 0.2) is 4.80 Å². The lowest BCUT2D eigenvalue weighted by Gasteiger charge is -2.26. The molecule has 9 heteroatoms. The van der Waals surface area contributed by atoms with Crippen molar-refractivity contribution in [2.75, 3.05) is 26.3 Å². The molecule has 1 aromatic heterocycles. The molecule has 3 aromatic rings. The third kappa shape index (κ3) is 3.95. The van der Waals surface area contributed by atoms with E-state index in [1.54, 1.807) is 0 Å². The quantitative estimate of drug-likeness (QED) is 0.581. The van der Waals surface area contributed by atoms with E-state index in [2.05, 4.69) is 10.9 Å². The lowest BCUT2D eigenvalue weighted by Crippen LogP contribution is -2.40. The fourth-order valence-corrected chi connectivity index (χ4v) is 5.64. The van der Waals surface area contributed by atoms with Crippen molar-refractivity contribution in [1.29, 1.82) is 0 Å². The van der Waals surface area contributed by atoms with Crippen LogP contribution in [0.25, 0.3) is 10.2 Å². The molecule has 1 aliphatic rings. The first-order valence-electron chi connectivity index (χ1n) is 9.29. The van der Waals surface area contributed by atoms with Gasteiger partial charge in [0.1, 0.15) is 0 Å². The molecule has 2 aromatic carbocycles. The molecule has 0 atom stereocenters. The second-order valence-corrected chi connectivity index (χ2v) is 9.55. The summed E-state index contributed by atoms with van der Waals surface area (Å²) in [5, 5.41) is 0. The third-order valence-corrected chi connectivity index (χ3v) is 7.72. The standard InChI is InChI=1S/C21H19N3O4S2/c1-2-11-24-18-5-3-4-6-19(18)29-21(24)22-20(25)16-7-9-17(10-8-16)30(26,27)23-12-14-28-15-13-23/h1,3-10H,11-15H2.